The van der Waals surface area contributed by atoms with Crippen molar-refractivity contribution in [3.63, 3.8) is 0 Å². The van der Waals surface area contributed by atoms with E-state index in [-0.39, 0.29) is 0 Å². The molecule has 22 heteroatoms. The van der Waals surface area contributed by atoms with Crippen LogP contribution in [0.1, 0.15) is 0 Å². The minimum absolute atomic E-state index is 2.60. The number of hydrogen-bond donors (Lipinski definition) is 10. The van der Waals surface area contributed by atoms with Gasteiger partial charge in [-0.15, -0.1) is 0 Å². The minimum atomic E-state index is -5.67. The summed E-state index contributed by atoms with van der Waals surface area (Å²) in [5, 5.41) is 19.8. The van der Waals surface area contributed by atoms with Gasteiger partial charge in [-0.1, -0.05) is 0 Å². The summed E-state index contributed by atoms with van der Waals surface area (Å²) in [5.74, 6) is 0. The summed E-state index contributed by atoms with van der Waals surface area (Å²) in [7, 11) is -22.5. The highest BCUT2D eigenvalue weighted by molar-refractivity contribution is 7.47. The molecule has 6 atom stereocenters. The molecule has 1 saturated carbocycles. The van der Waals surface area contributed by atoms with Gasteiger partial charge in [0.25, 0.3) is 0 Å². The van der Waals surface area contributed by atoms with Crippen molar-refractivity contribution in [2.45, 2.75) is 36.6 Å². The Morgan fingerprint density at radius 2 is 0.607 bits per heavy atom. The summed E-state index contributed by atoms with van der Waals surface area (Å²) >= 11 is 0. The zero-order valence-corrected chi connectivity index (χ0v) is 16.6. The fraction of sp³-hybridized carbons (Fsp3) is 1.00. The van der Waals surface area contributed by atoms with Gasteiger partial charge in [-0.05, 0) is 0 Å². The maximum absolute atomic E-state index is 11.1. The lowest BCUT2D eigenvalue weighted by molar-refractivity contribution is -0.209. The van der Waals surface area contributed by atoms with E-state index in [0.717, 1.165) is 0 Å². The lowest BCUT2D eigenvalue weighted by Crippen LogP contribution is -2.65. The van der Waals surface area contributed by atoms with Crippen LogP contribution in [0.5, 0.6) is 0 Å². The number of phosphoric ester groups is 4. The van der Waals surface area contributed by atoms with Crippen molar-refractivity contribution < 1.29 is 85.7 Å². The minimum Gasteiger partial charge on any atom is -0.387 e. The Morgan fingerprint density at radius 3 is 0.786 bits per heavy atom. The second-order valence-corrected chi connectivity index (χ2v) is 9.99. The third-order valence-corrected chi connectivity index (χ3v) is 5.10. The van der Waals surface area contributed by atoms with Crippen molar-refractivity contribution in [3.05, 3.63) is 0 Å². The number of hydrogen-bond acceptors (Lipinski definition) is 10. The van der Waals surface area contributed by atoms with Crippen LogP contribution in [0.2, 0.25) is 0 Å². The highest BCUT2D eigenvalue weighted by Gasteiger charge is 2.58. The summed E-state index contributed by atoms with van der Waals surface area (Å²) in [4.78, 5) is 71.1. The molecule has 0 radical (unpaired) electrons. The Bertz CT molecular complexity index is 664. The van der Waals surface area contributed by atoms with Crippen LogP contribution < -0.4 is 0 Å². The molecule has 1 aliphatic rings. The Balaban J connectivity index is 3.53. The van der Waals surface area contributed by atoms with Crippen molar-refractivity contribution in [2.24, 2.45) is 0 Å². The molecule has 1 rings (SSSR count). The molecule has 168 valence electrons. The molecule has 0 amide bonds. The Morgan fingerprint density at radius 1 is 0.429 bits per heavy atom. The summed E-state index contributed by atoms with van der Waals surface area (Å²) in [5.41, 5.74) is 0. The lowest BCUT2D eigenvalue weighted by atomic mass is 9.85. The summed E-state index contributed by atoms with van der Waals surface area (Å²) < 4.78 is 60.6. The lowest BCUT2D eigenvalue weighted by Gasteiger charge is -2.45. The molecule has 10 N–H and O–H groups in total. The van der Waals surface area contributed by atoms with Gasteiger partial charge in [0, 0.05) is 0 Å². The van der Waals surface area contributed by atoms with Gasteiger partial charge < -0.3 is 49.4 Å². The van der Waals surface area contributed by atoms with Crippen LogP contribution in [0.3, 0.4) is 0 Å². The molecule has 0 aromatic rings. The molecule has 0 spiro atoms. The number of aliphatic hydroxyl groups excluding tert-OH is 2. The molecule has 28 heavy (non-hydrogen) atoms. The fourth-order valence-corrected chi connectivity index (χ4v) is 4.51. The van der Waals surface area contributed by atoms with E-state index in [2.05, 4.69) is 18.1 Å². The van der Waals surface area contributed by atoms with Crippen LogP contribution in [-0.2, 0) is 36.4 Å². The van der Waals surface area contributed by atoms with Crippen LogP contribution in [-0.4, -0.2) is 86.0 Å². The molecule has 0 saturated heterocycles. The molecule has 0 bridgehead atoms. The predicted octanol–water partition coefficient (Wildman–Crippen LogP) is -3.37. The zero-order valence-electron chi connectivity index (χ0n) is 13.0. The topological polar surface area (TPSA) is 308 Å². The van der Waals surface area contributed by atoms with Gasteiger partial charge in [0.2, 0.25) is 0 Å². The maximum Gasteiger partial charge on any atom is 0.470 e. The largest absolute Gasteiger partial charge is 0.470 e. The van der Waals surface area contributed by atoms with Gasteiger partial charge in [0.15, 0.2) is 0 Å². The molecule has 0 aliphatic heterocycles. The van der Waals surface area contributed by atoms with E-state index in [1.807, 2.05) is 0 Å². The average Bonchev–Trinajstić information content (AvgIpc) is 2.39. The van der Waals surface area contributed by atoms with E-state index in [1.54, 1.807) is 0 Å². The average molecular weight is 500 g/mol. The number of aliphatic hydroxyl groups is 2. The van der Waals surface area contributed by atoms with Crippen LogP contribution in [0.15, 0.2) is 0 Å². The SMILES string of the molecule is O=P(O)(O)O[C@@H]1[C@@H](OP(=O)(O)O)[C@@H](OP(=O)(O)O)[C@@H](O)[C@@H](O)[C@@H]1OP(=O)(O)O. The van der Waals surface area contributed by atoms with Crippen molar-refractivity contribution in [3.8, 4) is 0 Å². The second kappa shape index (κ2) is 8.85. The number of rotatable bonds is 8. The second-order valence-electron chi connectivity index (χ2n) is 5.22. The highest BCUT2D eigenvalue weighted by atomic mass is 31.2. The fourth-order valence-electron chi connectivity index (χ4n) is 2.27. The predicted molar refractivity (Wildman–Crippen MR) is 79.7 cm³/mol. The van der Waals surface area contributed by atoms with Crippen molar-refractivity contribution >= 4 is 31.3 Å². The van der Waals surface area contributed by atoms with Gasteiger partial charge in [0.1, 0.15) is 36.6 Å². The monoisotopic (exact) mass is 500 g/mol. The standard InChI is InChI=1S/C6H16O18P4/c7-1-2(8)4(22-26(12,13)14)6(24-28(18,19)20)5(23-27(15,16)17)3(1)21-25(9,10)11/h1-8H,(H2,9,10,11)(H2,12,13,14)(H2,15,16,17)(H2,18,19,20)/t1-,2+,3-,4-,5-,6-/m0/s1. The van der Waals surface area contributed by atoms with Crippen molar-refractivity contribution in [1.29, 1.82) is 0 Å². The zero-order chi connectivity index (χ0) is 22.3. The molecule has 18 nitrogen and oxygen atoms in total. The third-order valence-electron chi connectivity index (χ3n) is 3.03. The molecular weight excluding hydrogens is 484 g/mol. The molecule has 0 heterocycles. The summed E-state index contributed by atoms with van der Waals surface area (Å²) in [6, 6.07) is 0. The smallest absolute Gasteiger partial charge is 0.387 e. The first-order chi connectivity index (χ1) is 12.2. The molecule has 1 aliphatic carbocycles. The first-order valence-corrected chi connectivity index (χ1v) is 12.6. The van der Waals surface area contributed by atoms with E-state index in [1.165, 1.54) is 0 Å². The van der Waals surface area contributed by atoms with E-state index in [0.29, 0.717) is 0 Å². The molecule has 0 aromatic carbocycles. The number of phosphoric acid groups is 4. The van der Waals surface area contributed by atoms with Gasteiger partial charge in [-0.3, -0.25) is 18.1 Å². The van der Waals surface area contributed by atoms with Gasteiger partial charge in [0.05, 0.1) is 0 Å². The first kappa shape index (κ1) is 26.4. The van der Waals surface area contributed by atoms with E-state index >= 15 is 0 Å². The van der Waals surface area contributed by atoms with Crippen LogP contribution >= 0.6 is 31.3 Å². The normalized spacial score (nSPS) is 33.1. The van der Waals surface area contributed by atoms with Crippen molar-refractivity contribution in [2.75, 3.05) is 0 Å². The summed E-state index contributed by atoms with van der Waals surface area (Å²) in [6.07, 6.45) is -15.9. The summed E-state index contributed by atoms with van der Waals surface area (Å²) in [6.45, 7) is 0. The third kappa shape index (κ3) is 8.62. The van der Waals surface area contributed by atoms with Crippen LogP contribution in [0, 0.1) is 0 Å². The van der Waals surface area contributed by atoms with E-state index in [4.69, 9.17) is 39.1 Å². The molecule has 0 aromatic heterocycles. The van der Waals surface area contributed by atoms with Gasteiger partial charge in [-0.25, -0.2) is 18.3 Å². The van der Waals surface area contributed by atoms with E-state index < -0.39 is 67.9 Å². The highest BCUT2D eigenvalue weighted by Crippen LogP contribution is 2.52. The van der Waals surface area contributed by atoms with Gasteiger partial charge in [-0.2, -0.15) is 0 Å². The Hall–Kier alpha value is 0.360. The molecule has 0 unspecified atom stereocenters. The first-order valence-electron chi connectivity index (χ1n) is 6.52. The molecule has 1 fully saturated rings. The molecular formula is C6H16O18P4. The maximum atomic E-state index is 11.1. The van der Waals surface area contributed by atoms with Crippen LogP contribution in [0.4, 0.5) is 0 Å². The van der Waals surface area contributed by atoms with E-state index in [9.17, 15) is 28.5 Å². The van der Waals surface area contributed by atoms with Gasteiger partial charge >= 0.3 is 31.3 Å². The quantitative estimate of drug-likeness (QED) is 0.145. The van der Waals surface area contributed by atoms with Crippen LogP contribution in [0.25, 0.3) is 0 Å². The van der Waals surface area contributed by atoms with Crippen molar-refractivity contribution in [1.82, 2.24) is 0 Å². The Kier molecular flexibility index (Phi) is 8.34. The Labute approximate surface area is 154 Å².